The molecule has 0 aliphatic carbocycles. The van der Waals surface area contributed by atoms with Crippen molar-refractivity contribution in [3.63, 3.8) is 0 Å². The van der Waals surface area contributed by atoms with E-state index in [2.05, 4.69) is 69.8 Å². The standard InChI is InChI=1S/C57H35N5O3S/c63-66(64,42-30-26-40(27-31-42)61-49-20-10-7-18-44(49)47-35-54-48(34-52(47)61)45-19-9-12-22-53(45)65-54)41-28-23-36(24-29-41)39-25-32-51-46(33-39)43-17-8-11-21-50(43)62(51)57-59-55(37-13-3-1-4-14-37)58-56(60-57)38-15-5-2-6-16-38/h1-35H. The molecule has 13 rings (SSSR count). The molecule has 66 heavy (non-hydrogen) atoms. The van der Waals surface area contributed by atoms with E-state index >= 15 is 0 Å². The molecule has 0 amide bonds. The van der Waals surface area contributed by atoms with E-state index in [4.69, 9.17) is 19.4 Å². The molecule has 0 aliphatic rings. The van der Waals surface area contributed by atoms with Gasteiger partial charge in [-0.1, -0.05) is 133 Å². The van der Waals surface area contributed by atoms with Gasteiger partial charge >= 0.3 is 0 Å². The molecule has 13 aromatic rings. The molecule has 0 spiro atoms. The fourth-order valence-corrected chi connectivity index (χ4v) is 10.7. The van der Waals surface area contributed by atoms with Gasteiger partial charge in [-0.3, -0.25) is 4.57 Å². The summed E-state index contributed by atoms with van der Waals surface area (Å²) >= 11 is 0. The monoisotopic (exact) mass is 869 g/mol. The molecule has 0 fully saturated rings. The summed E-state index contributed by atoms with van der Waals surface area (Å²) in [6.07, 6.45) is 0. The van der Waals surface area contributed by atoms with E-state index in [0.717, 1.165) is 93.5 Å². The quantitative estimate of drug-likeness (QED) is 0.158. The van der Waals surface area contributed by atoms with Crippen molar-refractivity contribution in [3.8, 4) is 45.5 Å². The van der Waals surface area contributed by atoms with E-state index in [1.54, 1.807) is 24.3 Å². The summed E-state index contributed by atoms with van der Waals surface area (Å²) in [6, 6.07) is 69.4. The Bertz CT molecular complexity index is 4100. The smallest absolute Gasteiger partial charge is 0.238 e. The van der Waals surface area contributed by atoms with Crippen LogP contribution in [0.4, 0.5) is 0 Å². The van der Waals surface area contributed by atoms with Gasteiger partial charge in [0.15, 0.2) is 11.6 Å². The lowest BCUT2D eigenvalue weighted by Gasteiger charge is -2.11. The Morgan fingerprint density at radius 3 is 1.52 bits per heavy atom. The van der Waals surface area contributed by atoms with E-state index in [1.165, 1.54) is 0 Å². The van der Waals surface area contributed by atoms with Crippen LogP contribution in [0, 0.1) is 0 Å². The Hall–Kier alpha value is -8.66. The number of benzene rings is 9. The Kier molecular flexibility index (Phi) is 8.43. The van der Waals surface area contributed by atoms with Crippen LogP contribution in [-0.4, -0.2) is 32.5 Å². The van der Waals surface area contributed by atoms with E-state index < -0.39 is 9.84 Å². The minimum Gasteiger partial charge on any atom is -0.456 e. The topological polar surface area (TPSA) is 95.8 Å². The SMILES string of the molecule is O=S(=O)(c1ccc(-c2ccc3c(c2)c2ccccc2n3-c2nc(-c3ccccc3)nc(-c3ccccc3)n2)cc1)c1ccc(-n2c3ccccc3c3cc4oc5ccccc5c4cc32)cc1. The highest BCUT2D eigenvalue weighted by molar-refractivity contribution is 7.91. The van der Waals surface area contributed by atoms with Gasteiger partial charge in [0.05, 0.1) is 31.9 Å². The zero-order valence-corrected chi connectivity index (χ0v) is 35.9. The van der Waals surface area contributed by atoms with Crippen molar-refractivity contribution < 1.29 is 12.8 Å². The predicted molar refractivity (Wildman–Crippen MR) is 264 cm³/mol. The maximum absolute atomic E-state index is 14.2. The molecule has 8 nitrogen and oxygen atoms in total. The van der Waals surface area contributed by atoms with Crippen LogP contribution in [0.5, 0.6) is 0 Å². The van der Waals surface area contributed by atoms with Crippen LogP contribution in [0.25, 0.3) is 111 Å². The van der Waals surface area contributed by atoms with Gasteiger partial charge in [0.25, 0.3) is 0 Å². The molecule has 0 N–H and O–H groups in total. The van der Waals surface area contributed by atoms with Crippen molar-refractivity contribution >= 4 is 75.4 Å². The van der Waals surface area contributed by atoms with Gasteiger partial charge in [-0.25, -0.2) is 13.4 Å². The van der Waals surface area contributed by atoms with Gasteiger partial charge in [0.2, 0.25) is 15.8 Å². The van der Waals surface area contributed by atoms with Crippen molar-refractivity contribution in [1.29, 1.82) is 0 Å². The molecule has 4 aromatic heterocycles. The first-order valence-corrected chi connectivity index (χ1v) is 23.2. The van der Waals surface area contributed by atoms with E-state index in [1.807, 2.05) is 127 Å². The lowest BCUT2D eigenvalue weighted by atomic mass is 10.0. The Morgan fingerprint density at radius 1 is 0.348 bits per heavy atom. The molecule has 0 saturated carbocycles. The highest BCUT2D eigenvalue weighted by Crippen LogP contribution is 2.39. The Morgan fingerprint density at radius 2 is 0.864 bits per heavy atom. The number of nitrogens with zero attached hydrogens (tertiary/aromatic N) is 5. The molecule has 0 radical (unpaired) electrons. The number of rotatable bonds is 7. The number of fused-ring (bicyclic) bond motifs is 9. The molecule has 9 heteroatoms. The summed E-state index contributed by atoms with van der Waals surface area (Å²) in [6.45, 7) is 0. The zero-order valence-electron chi connectivity index (χ0n) is 35.1. The maximum Gasteiger partial charge on any atom is 0.238 e. The van der Waals surface area contributed by atoms with Crippen molar-refractivity contribution in [3.05, 3.63) is 212 Å². The minimum absolute atomic E-state index is 0.223. The number of furan rings is 1. The zero-order chi connectivity index (χ0) is 43.9. The largest absolute Gasteiger partial charge is 0.456 e. The number of aromatic nitrogens is 5. The summed E-state index contributed by atoms with van der Waals surface area (Å²) in [4.78, 5) is 15.5. The Labute approximate surface area is 378 Å². The third-order valence-corrected chi connectivity index (χ3v) is 14.4. The van der Waals surface area contributed by atoms with Crippen LogP contribution in [-0.2, 0) is 9.84 Å². The van der Waals surface area contributed by atoms with Gasteiger partial charge in [0.1, 0.15) is 11.2 Å². The van der Waals surface area contributed by atoms with E-state index in [9.17, 15) is 8.42 Å². The highest BCUT2D eigenvalue weighted by atomic mass is 32.2. The van der Waals surface area contributed by atoms with Gasteiger partial charge < -0.3 is 8.98 Å². The van der Waals surface area contributed by atoms with Gasteiger partial charge in [-0.05, 0) is 90.0 Å². The number of sulfone groups is 1. The van der Waals surface area contributed by atoms with Crippen molar-refractivity contribution in [1.82, 2.24) is 24.1 Å². The van der Waals surface area contributed by atoms with Gasteiger partial charge in [-0.2, -0.15) is 9.97 Å². The lowest BCUT2D eigenvalue weighted by molar-refractivity contribution is 0.596. The summed E-state index contributed by atoms with van der Waals surface area (Å²) in [5, 5.41) is 6.31. The van der Waals surface area contributed by atoms with Crippen LogP contribution in [0.1, 0.15) is 0 Å². The molecule has 0 aliphatic heterocycles. The molecular weight excluding hydrogens is 835 g/mol. The van der Waals surface area contributed by atoms with Crippen molar-refractivity contribution in [2.45, 2.75) is 9.79 Å². The molecule has 0 unspecified atom stereocenters. The van der Waals surface area contributed by atoms with Gasteiger partial charge in [0, 0.05) is 49.1 Å². The van der Waals surface area contributed by atoms with Crippen LogP contribution in [0.3, 0.4) is 0 Å². The second-order valence-electron chi connectivity index (χ2n) is 16.4. The van der Waals surface area contributed by atoms with E-state index in [0.29, 0.717) is 17.6 Å². The summed E-state index contributed by atoms with van der Waals surface area (Å²) in [7, 11) is -3.84. The second kappa shape index (κ2) is 14.7. The molecule has 0 atom stereocenters. The first-order chi connectivity index (χ1) is 32.5. The van der Waals surface area contributed by atoms with Crippen LogP contribution in [0.2, 0.25) is 0 Å². The average Bonchev–Trinajstić information content (AvgIpc) is 4.03. The first kappa shape index (κ1) is 37.9. The summed E-state index contributed by atoms with van der Waals surface area (Å²) < 4.78 is 38.9. The molecular formula is C57H35N5O3S. The number of hydrogen-bond donors (Lipinski definition) is 0. The molecule has 4 heterocycles. The lowest BCUT2D eigenvalue weighted by Crippen LogP contribution is -2.06. The second-order valence-corrected chi connectivity index (χ2v) is 18.4. The average molecular weight is 870 g/mol. The normalized spacial score (nSPS) is 12.1. The molecule has 9 aromatic carbocycles. The number of hydrogen-bond acceptors (Lipinski definition) is 6. The number of para-hydroxylation sites is 3. The van der Waals surface area contributed by atoms with Crippen molar-refractivity contribution in [2.75, 3.05) is 0 Å². The summed E-state index contributed by atoms with van der Waals surface area (Å²) in [5.74, 6) is 1.69. The molecule has 0 bridgehead atoms. The van der Waals surface area contributed by atoms with E-state index in [-0.39, 0.29) is 9.79 Å². The fraction of sp³-hybridized carbons (Fsp3) is 0. The maximum atomic E-state index is 14.2. The highest BCUT2D eigenvalue weighted by Gasteiger charge is 2.22. The van der Waals surface area contributed by atoms with Crippen LogP contribution < -0.4 is 0 Å². The predicted octanol–water partition coefficient (Wildman–Crippen LogP) is 13.8. The van der Waals surface area contributed by atoms with Gasteiger partial charge in [-0.15, -0.1) is 0 Å². The summed E-state index contributed by atoms with van der Waals surface area (Å²) in [5.41, 5.74) is 10.1. The third-order valence-electron chi connectivity index (χ3n) is 12.6. The molecule has 312 valence electrons. The van der Waals surface area contributed by atoms with Crippen molar-refractivity contribution in [2.24, 2.45) is 0 Å². The molecule has 0 saturated heterocycles. The third kappa shape index (κ3) is 5.98. The minimum atomic E-state index is -3.84. The fourth-order valence-electron chi connectivity index (χ4n) is 9.47. The van der Waals surface area contributed by atoms with Crippen LogP contribution in [0.15, 0.2) is 227 Å². The van der Waals surface area contributed by atoms with Crippen LogP contribution >= 0.6 is 0 Å². The Balaban J connectivity index is 0.850. The first-order valence-electron chi connectivity index (χ1n) is 21.7.